The summed E-state index contributed by atoms with van der Waals surface area (Å²) >= 11 is 0. The molecule has 2 amide bonds. The maximum atomic E-state index is 13.0. The van der Waals surface area contributed by atoms with E-state index in [1.807, 2.05) is 48.5 Å². The highest BCUT2D eigenvalue weighted by molar-refractivity contribution is 6.03. The number of nitrogens with zero attached hydrogens (tertiary/aromatic N) is 2. The van der Waals surface area contributed by atoms with Crippen LogP contribution in [0.5, 0.6) is 0 Å². The minimum Gasteiger partial charge on any atom is -0.339 e. The van der Waals surface area contributed by atoms with Gasteiger partial charge in [-0.25, -0.2) is 0 Å². The molecule has 3 aromatic rings. The Hall–Kier alpha value is -3.41. The van der Waals surface area contributed by atoms with Crippen LogP contribution in [0.25, 0.3) is 0 Å². The van der Waals surface area contributed by atoms with Crippen molar-refractivity contribution in [2.24, 2.45) is 5.92 Å². The number of likely N-dealkylation sites (N-methyl/N-ethyl adjacent to an activating group) is 1. The number of para-hydroxylation sites is 1. The monoisotopic (exact) mass is 386 g/mol. The van der Waals surface area contributed by atoms with Crippen LogP contribution in [0.15, 0.2) is 60.7 Å². The molecule has 6 nitrogen and oxygen atoms in total. The van der Waals surface area contributed by atoms with E-state index in [2.05, 4.69) is 21.6 Å². The first-order valence-electron chi connectivity index (χ1n) is 9.87. The molecular formula is C23H22N4O2. The number of anilines is 1. The molecule has 6 heteroatoms. The minimum atomic E-state index is -0.529. The molecule has 1 saturated carbocycles. The lowest BCUT2D eigenvalue weighted by molar-refractivity contribution is -0.120. The third kappa shape index (κ3) is 3.20. The number of carbonyl (C=O) groups excluding carboxylic acids is 2. The normalized spacial score (nSPS) is 22.4. The molecule has 1 aliphatic heterocycles. The second-order valence-electron chi connectivity index (χ2n) is 7.85. The lowest BCUT2D eigenvalue weighted by Gasteiger charge is -2.23. The third-order valence-electron chi connectivity index (χ3n) is 5.95. The van der Waals surface area contributed by atoms with E-state index in [1.54, 1.807) is 18.0 Å². The SMILES string of the molecule is CN1C(=O)C(NC(=O)c2cc(Cc3ccccc3)[nH]n2)C2CC2c2ccccc21. The number of hydrogen-bond acceptors (Lipinski definition) is 3. The van der Waals surface area contributed by atoms with Crippen molar-refractivity contribution in [3.8, 4) is 0 Å². The summed E-state index contributed by atoms with van der Waals surface area (Å²) in [5, 5.41) is 10.0. The number of hydrogen-bond donors (Lipinski definition) is 2. The van der Waals surface area contributed by atoms with Crippen LogP contribution in [-0.4, -0.2) is 35.1 Å². The molecule has 5 rings (SSSR count). The minimum absolute atomic E-state index is 0.0733. The van der Waals surface area contributed by atoms with Gasteiger partial charge in [-0.15, -0.1) is 0 Å². The quantitative estimate of drug-likeness (QED) is 0.724. The Labute approximate surface area is 168 Å². The van der Waals surface area contributed by atoms with Gasteiger partial charge < -0.3 is 10.2 Å². The van der Waals surface area contributed by atoms with E-state index in [-0.39, 0.29) is 17.7 Å². The predicted molar refractivity (Wildman–Crippen MR) is 110 cm³/mol. The summed E-state index contributed by atoms with van der Waals surface area (Å²) < 4.78 is 0. The number of H-pyrrole nitrogens is 1. The second-order valence-corrected chi connectivity index (χ2v) is 7.85. The van der Waals surface area contributed by atoms with Crippen LogP contribution in [0.2, 0.25) is 0 Å². The maximum absolute atomic E-state index is 13.0. The van der Waals surface area contributed by atoms with Gasteiger partial charge in [0.1, 0.15) is 11.7 Å². The summed E-state index contributed by atoms with van der Waals surface area (Å²) in [6, 6.07) is 19.2. The molecule has 2 aliphatic rings. The maximum Gasteiger partial charge on any atom is 0.272 e. The van der Waals surface area contributed by atoms with Gasteiger partial charge in [-0.05, 0) is 41.5 Å². The Morgan fingerprint density at radius 2 is 1.93 bits per heavy atom. The number of benzene rings is 2. The number of aromatic nitrogens is 2. The van der Waals surface area contributed by atoms with Gasteiger partial charge in [0.15, 0.2) is 0 Å². The van der Waals surface area contributed by atoms with E-state index in [0.29, 0.717) is 18.0 Å². The van der Waals surface area contributed by atoms with Gasteiger partial charge in [-0.3, -0.25) is 14.7 Å². The average Bonchev–Trinajstić information content (AvgIpc) is 3.41. The largest absolute Gasteiger partial charge is 0.339 e. The highest BCUT2D eigenvalue weighted by atomic mass is 16.2. The molecule has 1 aliphatic carbocycles. The zero-order chi connectivity index (χ0) is 20.0. The van der Waals surface area contributed by atoms with Crippen LogP contribution in [0.4, 0.5) is 5.69 Å². The van der Waals surface area contributed by atoms with Gasteiger partial charge in [0.2, 0.25) is 5.91 Å². The Morgan fingerprint density at radius 1 is 1.17 bits per heavy atom. The van der Waals surface area contributed by atoms with Crippen LogP contribution in [0.1, 0.15) is 39.6 Å². The smallest absolute Gasteiger partial charge is 0.272 e. The molecule has 1 fully saturated rings. The Kier molecular flexibility index (Phi) is 4.19. The van der Waals surface area contributed by atoms with Gasteiger partial charge >= 0.3 is 0 Å². The van der Waals surface area contributed by atoms with Gasteiger partial charge in [-0.1, -0.05) is 48.5 Å². The number of amides is 2. The zero-order valence-electron chi connectivity index (χ0n) is 16.1. The number of carbonyl (C=O) groups is 2. The van der Waals surface area contributed by atoms with Gasteiger partial charge in [0, 0.05) is 24.8 Å². The first-order chi connectivity index (χ1) is 14.1. The van der Waals surface area contributed by atoms with E-state index in [4.69, 9.17) is 0 Å². The number of fused-ring (bicyclic) bond motifs is 3. The van der Waals surface area contributed by atoms with Crippen molar-refractivity contribution in [2.75, 3.05) is 11.9 Å². The van der Waals surface area contributed by atoms with E-state index < -0.39 is 6.04 Å². The lowest BCUT2D eigenvalue weighted by atomic mass is 10.1. The standard InChI is InChI=1S/C23H22N4O2/c1-27-20-10-6-5-9-16(20)17-13-18(17)21(23(27)29)24-22(28)19-12-15(25-26-19)11-14-7-3-2-4-8-14/h2-10,12,17-18,21H,11,13H2,1H3,(H,24,28)(H,25,26). The second kappa shape index (κ2) is 6.88. The Morgan fingerprint density at radius 3 is 2.76 bits per heavy atom. The summed E-state index contributed by atoms with van der Waals surface area (Å²) in [6.07, 6.45) is 1.59. The van der Waals surface area contributed by atoms with Crippen molar-refractivity contribution in [3.63, 3.8) is 0 Å². The van der Waals surface area contributed by atoms with Crippen molar-refractivity contribution in [2.45, 2.75) is 24.8 Å². The fourth-order valence-corrected chi connectivity index (χ4v) is 4.33. The first kappa shape index (κ1) is 17.7. The number of nitrogens with one attached hydrogen (secondary N) is 2. The first-order valence-corrected chi connectivity index (χ1v) is 9.87. The summed E-state index contributed by atoms with van der Waals surface area (Å²) in [7, 11) is 1.78. The molecule has 1 aromatic heterocycles. The van der Waals surface area contributed by atoms with Crippen molar-refractivity contribution in [3.05, 3.63) is 83.2 Å². The topological polar surface area (TPSA) is 78.1 Å². The van der Waals surface area contributed by atoms with Crippen molar-refractivity contribution >= 4 is 17.5 Å². The molecule has 146 valence electrons. The fraction of sp³-hybridized carbons (Fsp3) is 0.261. The van der Waals surface area contributed by atoms with E-state index in [9.17, 15) is 9.59 Å². The Balaban J connectivity index is 1.32. The van der Waals surface area contributed by atoms with Crippen molar-refractivity contribution in [1.29, 1.82) is 0 Å². The molecular weight excluding hydrogens is 364 g/mol. The summed E-state index contributed by atoms with van der Waals surface area (Å²) in [5.74, 6) is 0.0678. The van der Waals surface area contributed by atoms with Crippen LogP contribution in [0.3, 0.4) is 0 Å². The fourth-order valence-electron chi connectivity index (χ4n) is 4.33. The van der Waals surface area contributed by atoms with E-state index >= 15 is 0 Å². The summed E-state index contributed by atoms with van der Waals surface area (Å²) in [5.41, 5.74) is 4.44. The summed E-state index contributed by atoms with van der Waals surface area (Å²) in [4.78, 5) is 27.5. The van der Waals surface area contributed by atoms with E-state index in [0.717, 1.165) is 23.4 Å². The zero-order valence-corrected chi connectivity index (χ0v) is 16.1. The molecule has 3 unspecified atom stereocenters. The lowest BCUT2D eigenvalue weighted by Crippen LogP contribution is -2.48. The molecule has 0 spiro atoms. The van der Waals surface area contributed by atoms with Crippen LogP contribution < -0.4 is 10.2 Å². The Bertz CT molecular complexity index is 1080. The molecule has 29 heavy (non-hydrogen) atoms. The van der Waals surface area contributed by atoms with Crippen LogP contribution in [0, 0.1) is 5.92 Å². The molecule has 0 bridgehead atoms. The molecule has 0 saturated heterocycles. The van der Waals surface area contributed by atoms with Crippen LogP contribution in [-0.2, 0) is 11.2 Å². The molecule has 3 atom stereocenters. The molecule has 0 radical (unpaired) electrons. The van der Waals surface area contributed by atoms with Gasteiger partial charge in [0.05, 0.1) is 0 Å². The van der Waals surface area contributed by atoms with E-state index in [1.165, 1.54) is 5.56 Å². The average molecular weight is 386 g/mol. The van der Waals surface area contributed by atoms with Crippen molar-refractivity contribution < 1.29 is 9.59 Å². The number of rotatable bonds is 4. The van der Waals surface area contributed by atoms with Crippen LogP contribution >= 0.6 is 0 Å². The number of aromatic amines is 1. The van der Waals surface area contributed by atoms with Gasteiger partial charge in [-0.2, -0.15) is 5.10 Å². The summed E-state index contributed by atoms with van der Waals surface area (Å²) in [6.45, 7) is 0. The predicted octanol–water partition coefficient (Wildman–Crippen LogP) is 2.88. The highest BCUT2D eigenvalue weighted by Gasteiger charge is 2.51. The van der Waals surface area contributed by atoms with Gasteiger partial charge in [0.25, 0.3) is 5.91 Å². The highest BCUT2D eigenvalue weighted by Crippen LogP contribution is 2.54. The molecule has 2 N–H and O–H groups in total. The third-order valence-corrected chi connectivity index (χ3v) is 5.95. The molecule has 2 heterocycles. The molecule has 2 aromatic carbocycles. The van der Waals surface area contributed by atoms with Crippen molar-refractivity contribution in [1.82, 2.24) is 15.5 Å².